The highest BCUT2D eigenvalue weighted by Crippen LogP contribution is 2.32. The SMILES string of the molecule is Fc1ccc(-c2ccc(C3COC(c4c(Cl)cncc4Cl)=N3)cc2)cc1F. The van der Waals surface area contributed by atoms with Gasteiger partial charge in [0.2, 0.25) is 5.90 Å². The van der Waals surface area contributed by atoms with Crippen LogP contribution in [0, 0.1) is 11.6 Å². The molecule has 1 aliphatic heterocycles. The number of benzene rings is 2. The fourth-order valence-electron chi connectivity index (χ4n) is 2.87. The van der Waals surface area contributed by atoms with Crippen molar-refractivity contribution in [3.05, 3.63) is 87.7 Å². The van der Waals surface area contributed by atoms with Crippen LogP contribution >= 0.6 is 23.2 Å². The molecule has 136 valence electrons. The summed E-state index contributed by atoms with van der Waals surface area (Å²) >= 11 is 12.3. The third kappa shape index (κ3) is 3.53. The van der Waals surface area contributed by atoms with Crippen molar-refractivity contribution in [2.75, 3.05) is 6.61 Å². The molecular weight excluding hydrogens is 393 g/mol. The molecule has 0 spiro atoms. The standard InChI is InChI=1S/C20H12Cl2F2N2O/c21-14-8-25-9-15(22)19(14)20-26-18(10-27-20)12-3-1-11(2-4-12)13-5-6-16(23)17(24)7-13/h1-9,18H,10H2. The van der Waals surface area contributed by atoms with Crippen molar-refractivity contribution >= 4 is 29.1 Å². The molecule has 3 nitrogen and oxygen atoms in total. The van der Waals surface area contributed by atoms with Gasteiger partial charge in [-0.3, -0.25) is 4.98 Å². The number of pyridine rings is 1. The first-order valence-corrected chi connectivity index (χ1v) is 8.84. The number of rotatable bonds is 3. The second-order valence-electron chi connectivity index (χ2n) is 5.99. The van der Waals surface area contributed by atoms with Crippen LogP contribution in [0.4, 0.5) is 8.78 Å². The Morgan fingerprint density at radius 1 is 0.889 bits per heavy atom. The molecule has 0 aliphatic carbocycles. The number of hydrogen-bond donors (Lipinski definition) is 0. The van der Waals surface area contributed by atoms with Gasteiger partial charge in [0.25, 0.3) is 0 Å². The zero-order valence-corrected chi connectivity index (χ0v) is 15.3. The predicted molar refractivity (Wildman–Crippen MR) is 101 cm³/mol. The van der Waals surface area contributed by atoms with E-state index in [1.807, 2.05) is 24.3 Å². The van der Waals surface area contributed by atoms with Gasteiger partial charge in [0.1, 0.15) is 12.6 Å². The molecule has 4 rings (SSSR count). The Hall–Kier alpha value is -2.50. The molecule has 2 heterocycles. The summed E-state index contributed by atoms with van der Waals surface area (Å²) in [5, 5.41) is 0.742. The van der Waals surface area contributed by atoms with Crippen LogP contribution in [0.3, 0.4) is 0 Å². The number of ether oxygens (including phenoxy) is 1. The summed E-state index contributed by atoms with van der Waals surface area (Å²) in [4.78, 5) is 8.49. The molecule has 1 atom stereocenters. The minimum atomic E-state index is -0.874. The van der Waals surface area contributed by atoms with Crippen molar-refractivity contribution in [3.63, 3.8) is 0 Å². The van der Waals surface area contributed by atoms with Gasteiger partial charge in [0, 0.05) is 12.4 Å². The summed E-state index contributed by atoms with van der Waals surface area (Å²) in [5.74, 6) is -1.36. The molecule has 0 saturated heterocycles. The Kier molecular flexibility index (Phi) is 4.81. The third-order valence-electron chi connectivity index (χ3n) is 4.27. The molecule has 2 aromatic carbocycles. The summed E-state index contributed by atoms with van der Waals surface area (Å²) < 4.78 is 32.2. The van der Waals surface area contributed by atoms with Crippen LogP contribution in [0.1, 0.15) is 17.2 Å². The molecule has 27 heavy (non-hydrogen) atoms. The van der Waals surface area contributed by atoms with E-state index in [1.165, 1.54) is 24.5 Å². The molecule has 7 heteroatoms. The van der Waals surface area contributed by atoms with Gasteiger partial charge in [-0.15, -0.1) is 0 Å². The molecule has 1 aliphatic rings. The van der Waals surface area contributed by atoms with Crippen molar-refractivity contribution in [2.24, 2.45) is 4.99 Å². The van der Waals surface area contributed by atoms with Crippen LogP contribution in [0.2, 0.25) is 10.0 Å². The molecule has 3 aromatic rings. The number of nitrogens with zero attached hydrogens (tertiary/aromatic N) is 2. The summed E-state index contributed by atoms with van der Waals surface area (Å²) in [6.45, 7) is 0.356. The fourth-order valence-corrected chi connectivity index (χ4v) is 3.40. The van der Waals surface area contributed by atoms with E-state index in [0.29, 0.717) is 33.7 Å². The first-order valence-electron chi connectivity index (χ1n) is 8.08. The molecule has 0 N–H and O–H groups in total. The lowest BCUT2D eigenvalue weighted by atomic mass is 10.0. The van der Waals surface area contributed by atoms with Crippen molar-refractivity contribution in [2.45, 2.75) is 6.04 Å². The van der Waals surface area contributed by atoms with Crippen LogP contribution in [0.15, 0.2) is 59.9 Å². The maximum atomic E-state index is 13.4. The quantitative estimate of drug-likeness (QED) is 0.548. The highest BCUT2D eigenvalue weighted by atomic mass is 35.5. The maximum absolute atomic E-state index is 13.4. The largest absolute Gasteiger partial charge is 0.475 e. The maximum Gasteiger partial charge on any atom is 0.220 e. The highest BCUT2D eigenvalue weighted by molar-refractivity contribution is 6.39. The van der Waals surface area contributed by atoms with E-state index in [1.54, 1.807) is 0 Å². The smallest absolute Gasteiger partial charge is 0.220 e. The van der Waals surface area contributed by atoms with E-state index in [2.05, 4.69) is 9.98 Å². The molecule has 0 bridgehead atoms. The Morgan fingerprint density at radius 3 is 2.22 bits per heavy atom. The molecule has 0 saturated carbocycles. The summed E-state index contributed by atoms with van der Waals surface area (Å²) in [6.07, 6.45) is 2.97. The average Bonchev–Trinajstić information content (AvgIpc) is 3.14. The Bertz CT molecular complexity index is 1020. The zero-order valence-electron chi connectivity index (χ0n) is 13.8. The minimum Gasteiger partial charge on any atom is -0.475 e. The Morgan fingerprint density at radius 2 is 1.56 bits per heavy atom. The highest BCUT2D eigenvalue weighted by Gasteiger charge is 2.25. The van der Waals surface area contributed by atoms with E-state index >= 15 is 0 Å². The molecule has 0 amide bonds. The van der Waals surface area contributed by atoms with Gasteiger partial charge in [0.15, 0.2) is 11.6 Å². The first kappa shape index (κ1) is 17.9. The number of hydrogen-bond acceptors (Lipinski definition) is 3. The summed E-state index contributed by atoms with van der Waals surface area (Å²) in [7, 11) is 0. The van der Waals surface area contributed by atoms with E-state index in [9.17, 15) is 8.78 Å². The average molecular weight is 405 g/mol. The van der Waals surface area contributed by atoms with Gasteiger partial charge in [-0.2, -0.15) is 0 Å². The van der Waals surface area contributed by atoms with Gasteiger partial charge in [-0.25, -0.2) is 13.8 Å². The topological polar surface area (TPSA) is 34.5 Å². The van der Waals surface area contributed by atoms with Crippen molar-refractivity contribution < 1.29 is 13.5 Å². The minimum absolute atomic E-state index is 0.209. The van der Waals surface area contributed by atoms with Crippen LogP contribution in [0.5, 0.6) is 0 Å². The van der Waals surface area contributed by atoms with Crippen LogP contribution in [0.25, 0.3) is 11.1 Å². The molecule has 1 unspecified atom stereocenters. The predicted octanol–water partition coefficient (Wildman–Crippen LogP) is 5.85. The lowest BCUT2D eigenvalue weighted by Gasteiger charge is -2.07. The van der Waals surface area contributed by atoms with E-state index < -0.39 is 11.6 Å². The number of aromatic nitrogens is 1. The van der Waals surface area contributed by atoms with Crippen LogP contribution in [-0.4, -0.2) is 17.5 Å². The van der Waals surface area contributed by atoms with E-state index in [0.717, 1.165) is 17.2 Å². The van der Waals surface area contributed by atoms with Crippen LogP contribution in [-0.2, 0) is 4.74 Å². The Balaban J connectivity index is 1.60. The lowest BCUT2D eigenvalue weighted by molar-refractivity contribution is 0.320. The van der Waals surface area contributed by atoms with Crippen molar-refractivity contribution in [1.29, 1.82) is 0 Å². The molecule has 1 aromatic heterocycles. The van der Waals surface area contributed by atoms with E-state index in [-0.39, 0.29) is 6.04 Å². The summed E-state index contributed by atoms with van der Waals surface area (Å²) in [5.41, 5.74) is 2.83. The number of halogens is 4. The van der Waals surface area contributed by atoms with Crippen LogP contribution < -0.4 is 0 Å². The Labute approximate surface area is 164 Å². The fraction of sp³-hybridized carbons (Fsp3) is 0.100. The normalized spacial score (nSPS) is 16.1. The van der Waals surface area contributed by atoms with Crippen molar-refractivity contribution in [1.82, 2.24) is 4.98 Å². The molecular formula is C20H12Cl2F2N2O. The lowest BCUT2D eigenvalue weighted by Crippen LogP contribution is -2.03. The van der Waals surface area contributed by atoms with Gasteiger partial charge in [0.05, 0.1) is 15.6 Å². The zero-order chi connectivity index (χ0) is 19.0. The molecule has 0 fully saturated rings. The number of aliphatic imine (C=N–C) groups is 1. The summed E-state index contributed by atoms with van der Waals surface area (Å²) in [6, 6.07) is 11.0. The van der Waals surface area contributed by atoms with Gasteiger partial charge in [-0.05, 0) is 28.8 Å². The van der Waals surface area contributed by atoms with Gasteiger partial charge >= 0.3 is 0 Å². The third-order valence-corrected chi connectivity index (χ3v) is 4.84. The van der Waals surface area contributed by atoms with Crippen molar-refractivity contribution in [3.8, 4) is 11.1 Å². The monoisotopic (exact) mass is 404 g/mol. The molecule has 0 radical (unpaired) electrons. The van der Waals surface area contributed by atoms with Gasteiger partial charge < -0.3 is 4.74 Å². The van der Waals surface area contributed by atoms with E-state index in [4.69, 9.17) is 27.9 Å². The second kappa shape index (κ2) is 7.25. The van der Waals surface area contributed by atoms with Gasteiger partial charge in [-0.1, -0.05) is 53.5 Å². The first-order chi connectivity index (χ1) is 13.0. The second-order valence-corrected chi connectivity index (χ2v) is 6.80.